The third kappa shape index (κ3) is 3.91. The van der Waals surface area contributed by atoms with Gasteiger partial charge >= 0.3 is 6.03 Å². The number of urea groups is 1. The van der Waals surface area contributed by atoms with Gasteiger partial charge in [-0.05, 0) is 32.6 Å². The summed E-state index contributed by atoms with van der Waals surface area (Å²) in [6.45, 7) is 7.55. The highest BCUT2D eigenvalue weighted by Crippen LogP contribution is 2.17. The minimum Gasteiger partial charge on any atom is -0.368 e. The fraction of sp³-hybridized carbons (Fsp3) is 0.833. The maximum Gasteiger partial charge on any atom is 0.320 e. The summed E-state index contributed by atoms with van der Waals surface area (Å²) < 4.78 is 0. The Hall–Kier alpha value is -1.26. The van der Waals surface area contributed by atoms with E-state index in [0.717, 1.165) is 25.9 Å². The van der Waals surface area contributed by atoms with Crippen LogP contribution in [0.2, 0.25) is 0 Å². The average Bonchev–Trinajstić information content (AvgIpc) is 2.25. The molecule has 5 heteroatoms. The minimum atomic E-state index is -0.461. The second-order valence-electron chi connectivity index (χ2n) is 5.14. The average molecular weight is 241 g/mol. The lowest BCUT2D eigenvalue weighted by Gasteiger charge is -2.36. The topological polar surface area (TPSA) is 66.6 Å². The third-order valence-corrected chi connectivity index (χ3v) is 3.25. The number of piperidine rings is 1. The lowest BCUT2D eigenvalue weighted by atomic mass is 9.99. The number of primary amides is 1. The van der Waals surface area contributed by atoms with E-state index in [-0.39, 0.29) is 18.6 Å². The fourth-order valence-corrected chi connectivity index (χ4v) is 2.02. The summed E-state index contributed by atoms with van der Waals surface area (Å²) in [7, 11) is 0. The number of carbonyl (C=O) groups is 2. The highest BCUT2D eigenvalue weighted by atomic mass is 16.2. The zero-order chi connectivity index (χ0) is 13.0. The summed E-state index contributed by atoms with van der Waals surface area (Å²) in [5, 5.41) is 0. The van der Waals surface area contributed by atoms with Crippen molar-refractivity contribution in [2.75, 3.05) is 19.6 Å². The zero-order valence-electron chi connectivity index (χ0n) is 11.0. The standard InChI is InChI=1S/C12H23N3O2/c1-9(2)15(8-11(13)16)12(17)14-6-4-10(3)5-7-14/h9-10H,4-8H2,1-3H3,(H2,13,16). The zero-order valence-corrected chi connectivity index (χ0v) is 11.0. The second kappa shape index (κ2) is 5.89. The Kier molecular flexibility index (Phi) is 4.78. The maximum absolute atomic E-state index is 12.2. The number of carbonyl (C=O) groups excluding carboxylic acids is 2. The van der Waals surface area contributed by atoms with Gasteiger partial charge in [0, 0.05) is 19.1 Å². The van der Waals surface area contributed by atoms with Gasteiger partial charge in [-0.25, -0.2) is 4.79 Å². The Balaban J connectivity index is 2.61. The predicted octanol–water partition coefficient (Wildman–Crippen LogP) is 1.03. The van der Waals surface area contributed by atoms with E-state index in [0.29, 0.717) is 5.92 Å². The van der Waals surface area contributed by atoms with Crippen LogP contribution < -0.4 is 5.73 Å². The number of rotatable bonds is 3. The van der Waals surface area contributed by atoms with Crippen LogP contribution in [0.25, 0.3) is 0 Å². The van der Waals surface area contributed by atoms with Crippen LogP contribution in [0.15, 0.2) is 0 Å². The van der Waals surface area contributed by atoms with Crippen molar-refractivity contribution in [2.45, 2.75) is 39.7 Å². The summed E-state index contributed by atoms with van der Waals surface area (Å²) in [6, 6.07) is -0.0694. The summed E-state index contributed by atoms with van der Waals surface area (Å²) >= 11 is 0. The molecule has 0 saturated carbocycles. The monoisotopic (exact) mass is 241 g/mol. The van der Waals surface area contributed by atoms with Crippen molar-refractivity contribution in [3.63, 3.8) is 0 Å². The molecule has 1 aliphatic rings. The van der Waals surface area contributed by atoms with Crippen molar-refractivity contribution in [1.82, 2.24) is 9.80 Å². The quantitative estimate of drug-likeness (QED) is 0.802. The van der Waals surface area contributed by atoms with E-state index in [4.69, 9.17) is 5.73 Å². The van der Waals surface area contributed by atoms with Crippen molar-refractivity contribution in [1.29, 1.82) is 0 Å². The minimum absolute atomic E-state index is 0.00253. The molecule has 0 unspecified atom stereocenters. The van der Waals surface area contributed by atoms with Gasteiger partial charge in [0.25, 0.3) is 0 Å². The van der Waals surface area contributed by atoms with E-state index in [1.54, 1.807) is 4.90 Å². The van der Waals surface area contributed by atoms with Gasteiger partial charge in [-0.15, -0.1) is 0 Å². The Labute approximate surface area is 103 Å². The molecule has 5 nitrogen and oxygen atoms in total. The smallest absolute Gasteiger partial charge is 0.320 e. The van der Waals surface area contributed by atoms with Gasteiger partial charge in [0.1, 0.15) is 6.54 Å². The first-order valence-corrected chi connectivity index (χ1v) is 6.25. The Morgan fingerprint density at radius 3 is 2.29 bits per heavy atom. The molecular weight excluding hydrogens is 218 g/mol. The molecule has 0 aromatic rings. The largest absolute Gasteiger partial charge is 0.368 e. The number of amides is 3. The molecule has 98 valence electrons. The molecule has 0 aromatic carbocycles. The van der Waals surface area contributed by atoms with Crippen LogP contribution in [0, 0.1) is 5.92 Å². The first-order valence-electron chi connectivity index (χ1n) is 6.25. The molecule has 0 radical (unpaired) electrons. The van der Waals surface area contributed by atoms with Crippen LogP contribution in [-0.2, 0) is 4.79 Å². The molecular formula is C12H23N3O2. The summed E-state index contributed by atoms with van der Waals surface area (Å²) in [5.74, 6) is 0.222. The van der Waals surface area contributed by atoms with Gasteiger partial charge < -0.3 is 15.5 Å². The molecule has 1 rings (SSSR count). The maximum atomic E-state index is 12.2. The van der Waals surface area contributed by atoms with E-state index >= 15 is 0 Å². The summed E-state index contributed by atoms with van der Waals surface area (Å²) in [6.07, 6.45) is 2.07. The number of nitrogens with zero attached hydrogens (tertiary/aromatic N) is 2. The van der Waals surface area contributed by atoms with Gasteiger partial charge in [0.2, 0.25) is 5.91 Å². The number of nitrogens with two attached hydrogens (primary N) is 1. The van der Waals surface area contributed by atoms with E-state index in [2.05, 4.69) is 6.92 Å². The van der Waals surface area contributed by atoms with Crippen LogP contribution in [0.4, 0.5) is 4.79 Å². The van der Waals surface area contributed by atoms with Crippen molar-refractivity contribution < 1.29 is 9.59 Å². The molecule has 0 aromatic heterocycles. The van der Waals surface area contributed by atoms with E-state index in [1.807, 2.05) is 18.7 Å². The normalized spacial score (nSPS) is 17.3. The van der Waals surface area contributed by atoms with Crippen LogP contribution in [0.1, 0.15) is 33.6 Å². The summed E-state index contributed by atoms with van der Waals surface area (Å²) in [5.41, 5.74) is 5.17. The van der Waals surface area contributed by atoms with Crippen molar-refractivity contribution in [3.8, 4) is 0 Å². The van der Waals surface area contributed by atoms with Gasteiger partial charge in [-0.1, -0.05) is 6.92 Å². The van der Waals surface area contributed by atoms with E-state index in [9.17, 15) is 9.59 Å². The number of hydrogen-bond donors (Lipinski definition) is 1. The first kappa shape index (κ1) is 13.8. The fourth-order valence-electron chi connectivity index (χ4n) is 2.02. The van der Waals surface area contributed by atoms with Gasteiger partial charge in [0.05, 0.1) is 0 Å². The van der Waals surface area contributed by atoms with Crippen LogP contribution in [0.3, 0.4) is 0 Å². The van der Waals surface area contributed by atoms with Crippen LogP contribution in [-0.4, -0.2) is 47.4 Å². The lowest BCUT2D eigenvalue weighted by Crippen LogP contribution is -2.51. The molecule has 1 saturated heterocycles. The molecule has 0 aliphatic carbocycles. The van der Waals surface area contributed by atoms with Crippen LogP contribution in [0.5, 0.6) is 0 Å². The molecule has 1 heterocycles. The molecule has 3 amide bonds. The SMILES string of the molecule is CC1CCN(C(=O)N(CC(N)=O)C(C)C)CC1. The molecule has 0 bridgehead atoms. The van der Waals surface area contributed by atoms with Crippen molar-refractivity contribution in [3.05, 3.63) is 0 Å². The van der Waals surface area contributed by atoms with Crippen molar-refractivity contribution in [2.24, 2.45) is 11.7 Å². The predicted molar refractivity (Wildman–Crippen MR) is 66.4 cm³/mol. The van der Waals surface area contributed by atoms with Crippen molar-refractivity contribution >= 4 is 11.9 Å². The molecule has 0 spiro atoms. The molecule has 17 heavy (non-hydrogen) atoms. The Morgan fingerprint density at radius 1 is 1.35 bits per heavy atom. The van der Waals surface area contributed by atoms with E-state index < -0.39 is 5.91 Å². The summed E-state index contributed by atoms with van der Waals surface area (Å²) in [4.78, 5) is 26.6. The third-order valence-electron chi connectivity index (χ3n) is 3.25. The highest BCUT2D eigenvalue weighted by molar-refractivity contribution is 5.83. The molecule has 2 N–H and O–H groups in total. The lowest BCUT2D eigenvalue weighted by molar-refractivity contribution is -0.119. The second-order valence-corrected chi connectivity index (χ2v) is 5.14. The molecule has 0 atom stereocenters. The molecule has 1 aliphatic heterocycles. The van der Waals surface area contributed by atoms with Gasteiger partial charge in [-0.2, -0.15) is 0 Å². The number of likely N-dealkylation sites (tertiary alicyclic amines) is 1. The molecule has 1 fully saturated rings. The highest BCUT2D eigenvalue weighted by Gasteiger charge is 2.27. The van der Waals surface area contributed by atoms with Crippen LogP contribution >= 0.6 is 0 Å². The van der Waals surface area contributed by atoms with Gasteiger partial charge in [-0.3, -0.25) is 4.79 Å². The Morgan fingerprint density at radius 2 is 1.88 bits per heavy atom. The first-order chi connectivity index (χ1) is 7.91. The Bertz CT molecular complexity index is 283. The van der Waals surface area contributed by atoms with E-state index in [1.165, 1.54) is 0 Å². The number of hydrogen-bond acceptors (Lipinski definition) is 2. The van der Waals surface area contributed by atoms with Gasteiger partial charge in [0.15, 0.2) is 0 Å².